The topological polar surface area (TPSA) is 168 Å². The predicted octanol–water partition coefficient (Wildman–Crippen LogP) is 4.32. The second-order valence-corrected chi connectivity index (χ2v) is 8.55. The average Bonchev–Trinajstić information content (AvgIpc) is 2.96. The van der Waals surface area contributed by atoms with Crippen LogP contribution in [0.15, 0.2) is 72.8 Å². The molecule has 0 atom stereocenters. The van der Waals surface area contributed by atoms with Crippen LogP contribution in [-0.2, 0) is 0 Å². The second kappa shape index (κ2) is 11.0. The Balaban J connectivity index is 1.74. The summed E-state index contributed by atoms with van der Waals surface area (Å²) in [6, 6.07) is 14.8. The second-order valence-electron chi connectivity index (χ2n) is 8.55. The van der Waals surface area contributed by atoms with E-state index in [1.807, 2.05) is 0 Å². The molecule has 0 fully saturated rings. The Hall–Kier alpha value is -5.64. The van der Waals surface area contributed by atoms with Gasteiger partial charge in [0.1, 0.15) is 34.5 Å². The van der Waals surface area contributed by atoms with E-state index in [0.29, 0.717) is 11.5 Å². The third kappa shape index (κ3) is 5.18. The number of hydrogen-bond acceptors (Lipinski definition) is 10. The van der Waals surface area contributed by atoms with Gasteiger partial charge in [0.25, 0.3) is 0 Å². The fourth-order valence-electron chi connectivity index (χ4n) is 3.94. The first-order valence-corrected chi connectivity index (χ1v) is 11.6. The van der Waals surface area contributed by atoms with Crippen LogP contribution < -0.4 is 9.47 Å². The Morgan fingerprint density at radius 3 is 1.10 bits per heavy atom. The van der Waals surface area contributed by atoms with Gasteiger partial charge in [-0.2, -0.15) is 0 Å². The number of benzene rings is 4. The molecule has 10 nitrogen and oxygen atoms in total. The van der Waals surface area contributed by atoms with Crippen molar-refractivity contribution in [3.8, 4) is 45.6 Å². The molecule has 4 aromatic carbocycles. The van der Waals surface area contributed by atoms with Gasteiger partial charge in [0.15, 0.2) is 0 Å². The highest BCUT2D eigenvalue weighted by Gasteiger charge is 2.27. The molecule has 0 aliphatic rings. The molecule has 202 valence electrons. The molecule has 0 amide bonds. The summed E-state index contributed by atoms with van der Waals surface area (Å²) in [4.78, 5) is 51.6. The van der Waals surface area contributed by atoms with Crippen molar-refractivity contribution in [3.63, 3.8) is 0 Å². The van der Waals surface area contributed by atoms with E-state index in [9.17, 15) is 39.6 Å². The molecule has 0 radical (unpaired) electrons. The Bertz CT molecular complexity index is 1530. The number of aromatic hydroxyl groups is 4. The summed E-state index contributed by atoms with van der Waals surface area (Å²) in [5.41, 5.74) is -1.49. The van der Waals surface area contributed by atoms with Gasteiger partial charge in [-0.25, -0.2) is 0 Å². The van der Waals surface area contributed by atoms with Gasteiger partial charge < -0.3 is 29.9 Å². The summed E-state index contributed by atoms with van der Waals surface area (Å²) in [5.74, 6) is -5.92. The van der Waals surface area contributed by atoms with E-state index in [1.165, 1.54) is 62.8 Å². The van der Waals surface area contributed by atoms with E-state index in [4.69, 9.17) is 9.47 Å². The summed E-state index contributed by atoms with van der Waals surface area (Å²) in [6.07, 6.45) is 0. The molecule has 0 aliphatic carbocycles. The molecule has 4 aromatic rings. The van der Waals surface area contributed by atoms with Gasteiger partial charge in [-0.3, -0.25) is 19.2 Å². The zero-order valence-corrected chi connectivity index (χ0v) is 21.2. The summed E-state index contributed by atoms with van der Waals surface area (Å²) in [6.45, 7) is 0. The molecule has 4 rings (SSSR count). The van der Waals surface area contributed by atoms with Crippen LogP contribution in [0, 0.1) is 0 Å². The molecule has 4 N–H and O–H groups in total. The molecule has 0 aliphatic heterocycles. The van der Waals surface area contributed by atoms with Crippen LogP contribution in [-0.4, -0.2) is 57.8 Å². The molecule has 0 saturated carbocycles. The molecule has 0 aromatic heterocycles. The predicted molar refractivity (Wildman–Crippen MR) is 142 cm³/mol. The molecule has 0 unspecified atom stereocenters. The lowest BCUT2D eigenvalue weighted by atomic mass is 9.92. The van der Waals surface area contributed by atoms with Crippen LogP contribution in [0.4, 0.5) is 0 Å². The molecule has 0 spiro atoms. The molecule has 10 heteroatoms. The molecule has 40 heavy (non-hydrogen) atoms. The summed E-state index contributed by atoms with van der Waals surface area (Å²) in [5, 5.41) is 41.7. The maximum atomic E-state index is 13.0. The highest BCUT2D eigenvalue weighted by Crippen LogP contribution is 2.42. The van der Waals surface area contributed by atoms with Crippen molar-refractivity contribution in [1.29, 1.82) is 0 Å². The minimum absolute atomic E-state index is 0.0113. The maximum Gasteiger partial charge on any atom is 0.237 e. The summed E-state index contributed by atoms with van der Waals surface area (Å²) >= 11 is 0. The van der Waals surface area contributed by atoms with E-state index in [-0.39, 0.29) is 22.3 Å². The molecular weight excluding hydrogens is 520 g/mol. The number of methoxy groups -OCH3 is 2. The van der Waals surface area contributed by atoms with Crippen molar-refractivity contribution >= 4 is 23.1 Å². The van der Waals surface area contributed by atoms with Gasteiger partial charge in [0, 0.05) is 34.4 Å². The summed E-state index contributed by atoms with van der Waals surface area (Å²) < 4.78 is 10.1. The molecular formula is C30H22O10. The standard InChI is InChI=1S/C30H22O10/c1-39-17-7-3-15(4-8-17)27(35)29(37)21-11-19(23(31)13-25(21)33)20-12-22(26(34)14-24(20)32)30(38)28(36)16-5-9-18(40-2)10-6-16/h3-14,31-34H,1-2H3. The van der Waals surface area contributed by atoms with E-state index in [0.717, 1.165) is 24.3 Å². The van der Waals surface area contributed by atoms with Crippen LogP contribution in [0.2, 0.25) is 0 Å². The van der Waals surface area contributed by atoms with Crippen LogP contribution >= 0.6 is 0 Å². The number of hydrogen-bond donors (Lipinski definition) is 4. The van der Waals surface area contributed by atoms with E-state index < -0.39 is 57.3 Å². The van der Waals surface area contributed by atoms with Gasteiger partial charge in [0.05, 0.1) is 25.3 Å². The first-order chi connectivity index (χ1) is 19.0. The van der Waals surface area contributed by atoms with Gasteiger partial charge in [-0.1, -0.05) is 0 Å². The minimum atomic E-state index is -1.12. The van der Waals surface area contributed by atoms with Crippen molar-refractivity contribution in [2.75, 3.05) is 14.2 Å². The van der Waals surface area contributed by atoms with Gasteiger partial charge >= 0.3 is 0 Å². The number of phenolic OH excluding ortho intramolecular Hbond substituents is 4. The Morgan fingerprint density at radius 1 is 0.475 bits per heavy atom. The zero-order valence-electron chi connectivity index (χ0n) is 21.2. The minimum Gasteiger partial charge on any atom is -0.507 e. The van der Waals surface area contributed by atoms with Crippen molar-refractivity contribution in [3.05, 3.63) is 95.1 Å². The third-order valence-corrected chi connectivity index (χ3v) is 6.12. The number of ketones is 4. The highest BCUT2D eigenvalue weighted by atomic mass is 16.5. The van der Waals surface area contributed by atoms with E-state index >= 15 is 0 Å². The van der Waals surface area contributed by atoms with Gasteiger partial charge in [-0.05, 0) is 60.7 Å². The van der Waals surface area contributed by atoms with Crippen molar-refractivity contribution in [2.24, 2.45) is 0 Å². The number of phenols is 4. The number of ether oxygens (including phenoxy) is 2. The third-order valence-electron chi connectivity index (χ3n) is 6.12. The monoisotopic (exact) mass is 542 g/mol. The van der Waals surface area contributed by atoms with E-state index in [1.54, 1.807) is 0 Å². The van der Waals surface area contributed by atoms with Crippen molar-refractivity contribution in [2.45, 2.75) is 0 Å². The smallest absolute Gasteiger partial charge is 0.237 e. The van der Waals surface area contributed by atoms with Crippen molar-refractivity contribution in [1.82, 2.24) is 0 Å². The van der Waals surface area contributed by atoms with Crippen molar-refractivity contribution < 1.29 is 49.1 Å². The fraction of sp³-hybridized carbons (Fsp3) is 0.0667. The Morgan fingerprint density at radius 2 is 0.800 bits per heavy atom. The lowest BCUT2D eigenvalue weighted by Gasteiger charge is -2.13. The first-order valence-electron chi connectivity index (χ1n) is 11.6. The maximum absolute atomic E-state index is 13.0. The number of carbonyl (C=O) groups is 4. The number of Topliss-reactive ketones (excluding diaryl/α,β-unsaturated/α-hetero) is 4. The quantitative estimate of drug-likeness (QED) is 0.177. The Labute approximate surface area is 227 Å². The highest BCUT2D eigenvalue weighted by molar-refractivity contribution is 6.50. The van der Waals surface area contributed by atoms with Gasteiger partial charge in [-0.15, -0.1) is 0 Å². The lowest BCUT2D eigenvalue weighted by molar-refractivity contribution is 0.0815. The SMILES string of the molecule is COc1ccc(C(=O)C(=O)c2cc(-c3cc(C(=O)C(=O)c4ccc(OC)cc4)c(O)cc3O)c(O)cc2O)cc1. The van der Waals surface area contributed by atoms with Crippen LogP contribution in [0.3, 0.4) is 0 Å². The fourth-order valence-corrected chi connectivity index (χ4v) is 3.94. The van der Waals surface area contributed by atoms with Crippen LogP contribution in [0.25, 0.3) is 11.1 Å². The normalized spacial score (nSPS) is 10.6. The molecule has 0 heterocycles. The van der Waals surface area contributed by atoms with Crippen LogP contribution in [0.1, 0.15) is 41.4 Å². The van der Waals surface area contributed by atoms with Crippen LogP contribution in [0.5, 0.6) is 34.5 Å². The number of rotatable bonds is 9. The summed E-state index contributed by atoms with van der Waals surface area (Å²) in [7, 11) is 2.87. The van der Waals surface area contributed by atoms with E-state index in [2.05, 4.69) is 0 Å². The largest absolute Gasteiger partial charge is 0.507 e. The average molecular weight is 542 g/mol. The first kappa shape index (κ1) is 27.4. The number of carbonyl (C=O) groups excluding carboxylic acids is 4. The molecule has 0 saturated heterocycles. The lowest BCUT2D eigenvalue weighted by Crippen LogP contribution is -2.15. The van der Waals surface area contributed by atoms with Gasteiger partial charge in [0.2, 0.25) is 23.1 Å². The Kier molecular flexibility index (Phi) is 7.53. The zero-order chi connectivity index (χ0) is 29.1. The molecule has 0 bridgehead atoms.